The zero-order chi connectivity index (χ0) is 21.4. The van der Waals surface area contributed by atoms with Crippen LogP contribution < -0.4 is 0 Å². The van der Waals surface area contributed by atoms with Gasteiger partial charge in [-0.15, -0.1) is 0 Å². The first-order valence-corrected chi connectivity index (χ1v) is 11.4. The molecule has 0 fully saturated rings. The van der Waals surface area contributed by atoms with Crippen LogP contribution in [0.3, 0.4) is 0 Å². The Morgan fingerprint density at radius 1 is 0.607 bits per heavy atom. The maximum Gasteiger partial charge on any atom is 0.334 e. The van der Waals surface area contributed by atoms with Gasteiger partial charge in [-0.05, 0) is 37.5 Å². The van der Waals surface area contributed by atoms with Crippen LogP contribution in [0, 0.1) is 11.8 Å². The van der Waals surface area contributed by atoms with E-state index in [9.17, 15) is 9.59 Å². The van der Waals surface area contributed by atoms with Crippen molar-refractivity contribution in [1.82, 2.24) is 0 Å². The van der Waals surface area contributed by atoms with Crippen molar-refractivity contribution in [2.45, 2.75) is 106 Å². The lowest BCUT2D eigenvalue weighted by Gasteiger charge is -2.16. The zero-order valence-corrected chi connectivity index (χ0v) is 19.3. The SMILES string of the molecule is CCCCCCC/C(C(=O)OCC(C)C)=C(\CCCCC)C(=O)OCC(C)C. The average molecular weight is 397 g/mol. The summed E-state index contributed by atoms with van der Waals surface area (Å²) in [7, 11) is 0. The third-order valence-corrected chi connectivity index (χ3v) is 4.51. The van der Waals surface area contributed by atoms with Crippen molar-refractivity contribution in [3.8, 4) is 0 Å². The van der Waals surface area contributed by atoms with Crippen LogP contribution in [0.25, 0.3) is 0 Å². The van der Waals surface area contributed by atoms with Crippen LogP contribution in [0.4, 0.5) is 0 Å². The molecular weight excluding hydrogens is 352 g/mol. The predicted octanol–water partition coefficient (Wildman–Crippen LogP) is 6.62. The Morgan fingerprint density at radius 3 is 1.36 bits per heavy atom. The normalized spacial score (nSPS) is 12.3. The Kier molecular flexibility index (Phi) is 15.8. The number of unbranched alkanes of at least 4 members (excludes halogenated alkanes) is 6. The zero-order valence-electron chi connectivity index (χ0n) is 19.3. The first kappa shape index (κ1) is 26.7. The van der Waals surface area contributed by atoms with Crippen molar-refractivity contribution in [3.05, 3.63) is 11.1 Å². The lowest BCUT2D eigenvalue weighted by molar-refractivity contribution is -0.143. The van der Waals surface area contributed by atoms with Gasteiger partial charge < -0.3 is 9.47 Å². The number of rotatable bonds is 16. The Balaban J connectivity index is 5.42. The number of esters is 2. The molecule has 0 saturated carbocycles. The van der Waals surface area contributed by atoms with Gasteiger partial charge in [0.15, 0.2) is 0 Å². The highest BCUT2D eigenvalue weighted by Crippen LogP contribution is 2.23. The molecule has 0 unspecified atom stereocenters. The molecule has 4 heteroatoms. The molecule has 0 radical (unpaired) electrons. The molecule has 0 aromatic carbocycles. The molecular formula is C24H44O4. The maximum atomic E-state index is 12.8. The van der Waals surface area contributed by atoms with E-state index in [1.54, 1.807) is 0 Å². The molecule has 0 bridgehead atoms. The molecule has 0 N–H and O–H groups in total. The van der Waals surface area contributed by atoms with E-state index in [4.69, 9.17) is 9.47 Å². The third kappa shape index (κ3) is 13.0. The number of carbonyl (C=O) groups is 2. The summed E-state index contributed by atoms with van der Waals surface area (Å²) < 4.78 is 11.0. The average Bonchev–Trinajstić information content (AvgIpc) is 2.65. The Labute approximate surface area is 173 Å². The molecule has 0 aliphatic carbocycles. The van der Waals surface area contributed by atoms with Crippen LogP contribution in [0.15, 0.2) is 11.1 Å². The van der Waals surface area contributed by atoms with Crippen LogP contribution in [0.1, 0.15) is 106 Å². The Morgan fingerprint density at radius 2 is 0.964 bits per heavy atom. The molecule has 0 saturated heterocycles. The smallest absolute Gasteiger partial charge is 0.334 e. The molecule has 0 spiro atoms. The summed E-state index contributed by atoms with van der Waals surface area (Å²) in [5.41, 5.74) is 1.08. The highest BCUT2D eigenvalue weighted by Gasteiger charge is 2.23. The second kappa shape index (κ2) is 16.6. The van der Waals surface area contributed by atoms with E-state index in [2.05, 4.69) is 13.8 Å². The van der Waals surface area contributed by atoms with Gasteiger partial charge in [0.2, 0.25) is 0 Å². The number of carbonyl (C=O) groups excluding carboxylic acids is 2. The van der Waals surface area contributed by atoms with Crippen LogP contribution in [-0.4, -0.2) is 25.2 Å². The number of hydrogen-bond donors (Lipinski definition) is 0. The quantitative estimate of drug-likeness (QED) is 0.167. The molecule has 0 amide bonds. The lowest BCUT2D eigenvalue weighted by atomic mass is 9.96. The molecule has 4 nitrogen and oxygen atoms in total. The van der Waals surface area contributed by atoms with Crippen molar-refractivity contribution in [2.75, 3.05) is 13.2 Å². The molecule has 164 valence electrons. The van der Waals surface area contributed by atoms with Gasteiger partial charge in [0, 0.05) is 11.1 Å². The van der Waals surface area contributed by atoms with E-state index < -0.39 is 0 Å². The fraction of sp³-hybridized carbons (Fsp3) is 0.833. The van der Waals surface area contributed by atoms with Gasteiger partial charge in [-0.25, -0.2) is 9.59 Å². The molecule has 0 aromatic rings. The van der Waals surface area contributed by atoms with Crippen molar-refractivity contribution >= 4 is 11.9 Å². The van der Waals surface area contributed by atoms with Gasteiger partial charge in [-0.3, -0.25) is 0 Å². The van der Waals surface area contributed by atoms with Crippen molar-refractivity contribution in [3.63, 3.8) is 0 Å². The fourth-order valence-electron chi connectivity index (χ4n) is 2.87. The van der Waals surface area contributed by atoms with E-state index in [0.29, 0.717) is 37.2 Å². The van der Waals surface area contributed by atoms with Gasteiger partial charge in [0.05, 0.1) is 13.2 Å². The van der Waals surface area contributed by atoms with E-state index in [-0.39, 0.29) is 23.8 Å². The summed E-state index contributed by atoms with van der Waals surface area (Å²) >= 11 is 0. The summed E-state index contributed by atoms with van der Waals surface area (Å²) in [6.07, 6.45) is 9.70. The van der Waals surface area contributed by atoms with Crippen LogP contribution in [0.5, 0.6) is 0 Å². The standard InChI is InChI=1S/C24H44O4/c1-7-9-11-12-14-16-22(24(26)28-18-20(5)6)21(15-13-10-8-2)23(25)27-17-19(3)4/h19-20H,7-18H2,1-6H3/b22-21-. The predicted molar refractivity (Wildman–Crippen MR) is 116 cm³/mol. The number of ether oxygens (including phenoxy) is 2. The summed E-state index contributed by atoms with van der Waals surface area (Å²) in [6.45, 7) is 13.1. The van der Waals surface area contributed by atoms with Crippen molar-refractivity contribution in [2.24, 2.45) is 11.8 Å². The highest BCUT2D eigenvalue weighted by molar-refractivity contribution is 6.00. The molecule has 0 atom stereocenters. The molecule has 0 heterocycles. The van der Waals surface area contributed by atoms with E-state index >= 15 is 0 Å². The van der Waals surface area contributed by atoms with Gasteiger partial charge in [-0.2, -0.15) is 0 Å². The minimum absolute atomic E-state index is 0.270. The van der Waals surface area contributed by atoms with Gasteiger partial charge in [0.25, 0.3) is 0 Å². The molecule has 0 aliphatic rings. The summed E-state index contributed by atoms with van der Waals surface area (Å²) in [4.78, 5) is 25.6. The largest absolute Gasteiger partial charge is 0.462 e. The molecule has 0 aliphatic heterocycles. The van der Waals surface area contributed by atoms with Gasteiger partial charge >= 0.3 is 11.9 Å². The topological polar surface area (TPSA) is 52.6 Å². The summed E-state index contributed by atoms with van der Waals surface area (Å²) in [5.74, 6) is -0.135. The lowest BCUT2D eigenvalue weighted by Crippen LogP contribution is -2.20. The third-order valence-electron chi connectivity index (χ3n) is 4.51. The Hall–Kier alpha value is -1.32. The fourth-order valence-corrected chi connectivity index (χ4v) is 2.87. The van der Waals surface area contributed by atoms with Gasteiger partial charge in [0.1, 0.15) is 0 Å². The van der Waals surface area contributed by atoms with E-state index in [0.717, 1.165) is 38.5 Å². The summed E-state index contributed by atoms with van der Waals surface area (Å²) in [6, 6.07) is 0. The minimum atomic E-state index is -0.338. The van der Waals surface area contributed by atoms with E-state index in [1.807, 2.05) is 27.7 Å². The second-order valence-electron chi connectivity index (χ2n) is 8.56. The first-order valence-electron chi connectivity index (χ1n) is 11.4. The van der Waals surface area contributed by atoms with Gasteiger partial charge in [-0.1, -0.05) is 80.1 Å². The monoisotopic (exact) mass is 396 g/mol. The first-order chi connectivity index (χ1) is 13.3. The van der Waals surface area contributed by atoms with Crippen molar-refractivity contribution < 1.29 is 19.1 Å². The van der Waals surface area contributed by atoms with Crippen LogP contribution in [-0.2, 0) is 19.1 Å². The molecule has 0 rings (SSSR count). The maximum absolute atomic E-state index is 12.8. The second-order valence-corrected chi connectivity index (χ2v) is 8.56. The van der Waals surface area contributed by atoms with Crippen LogP contribution >= 0.6 is 0 Å². The Bertz CT molecular complexity index is 463. The summed E-state index contributed by atoms with van der Waals surface area (Å²) in [5, 5.41) is 0. The number of hydrogen-bond acceptors (Lipinski definition) is 4. The minimum Gasteiger partial charge on any atom is -0.462 e. The highest BCUT2D eigenvalue weighted by atomic mass is 16.5. The van der Waals surface area contributed by atoms with E-state index in [1.165, 1.54) is 12.8 Å². The van der Waals surface area contributed by atoms with Crippen molar-refractivity contribution in [1.29, 1.82) is 0 Å². The molecule has 0 aromatic heterocycles. The molecule has 28 heavy (non-hydrogen) atoms. The van der Waals surface area contributed by atoms with Crippen LogP contribution in [0.2, 0.25) is 0 Å².